The Morgan fingerprint density at radius 3 is 2.15 bits per heavy atom. The summed E-state index contributed by atoms with van der Waals surface area (Å²) in [6.07, 6.45) is 1.50. The zero-order chi connectivity index (χ0) is 29.8. The van der Waals surface area contributed by atoms with E-state index in [1.54, 1.807) is 66.5 Å². The van der Waals surface area contributed by atoms with Crippen molar-refractivity contribution in [2.75, 3.05) is 34.6 Å². The van der Waals surface area contributed by atoms with Crippen LogP contribution >= 0.6 is 0 Å². The normalized spacial score (nSPS) is 14.6. The molecule has 0 fully saturated rings. The summed E-state index contributed by atoms with van der Waals surface area (Å²) < 4.78 is 63.1. The SMILES string of the molecule is CN(CCS(=O)(=O)O)c1ccc(/C=C2/C(=O)N(c3ccc(S(=O)(=O)O)cc3)N=C2NC(=O)Nc2ccccc2)cc1. The molecule has 0 radical (unpaired) electrons. The molecule has 214 valence electrons. The minimum Gasteiger partial charge on any atom is -0.373 e. The minimum absolute atomic E-state index is 0.0274. The molecule has 4 rings (SSSR count). The Balaban J connectivity index is 1.61. The molecule has 3 aromatic carbocycles. The van der Waals surface area contributed by atoms with Crippen molar-refractivity contribution < 1.29 is 35.5 Å². The minimum atomic E-state index is -4.45. The topological polar surface area (TPSA) is 186 Å². The molecule has 15 heteroatoms. The van der Waals surface area contributed by atoms with E-state index in [9.17, 15) is 31.0 Å². The number of nitrogens with one attached hydrogen (secondary N) is 2. The van der Waals surface area contributed by atoms with Crippen LogP contribution in [-0.2, 0) is 25.0 Å². The predicted molar refractivity (Wildman–Crippen MR) is 154 cm³/mol. The smallest absolute Gasteiger partial charge is 0.324 e. The van der Waals surface area contributed by atoms with Crippen LogP contribution in [0.2, 0.25) is 0 Å². The molecule has 3 aromatic rings. The van der Waals surface area contributed by atoms with Gasteiger partial charge in [0.15, 0.2) is 5.84 Å². The van der Waals surface area contributed by atoms with E-state index in [1.807, 2.05) is 0 Å². The number of benzene rings is 3. The standard InChI is InChI=1S/C26H25N5O8S2/c1-30(15-16-40(34,35)36)20-9-7-18(8-10-20)17-23-24(28-26(33)27-19-5-3-2-4-6-19)29-31(25(23)32)21-11-13-22(14-12-21)41(37,38)39/h2-14,17H,15-16H2,1H3,(H,34,35,36)(H,37,38,39)(H2,27,28,29,33)/b23-17+. The number of carbonyl (C=O) groups excluding carboxylic acids is 2. The Morgan fingerprint density at radius 2 is 1.56 bits per heavy atom. The average molecular weight is 600 g/mol. The van der Waals surface area contributed by atoms with Crippen LogP contribution in [0, 0.1) is 0 Å². The fourth-order valence-corrected chi connectivity index (χ4v) is 4.72. The third-order valence-corrected chi connectivity index (χ3v) is 7.42. The van der Waals surface area contributed by atoms with Gasteiger partial charge >= 0.3 is 6.03 Å². The van der Waals surface area contributed by atoms with Gasteiger partial charge in [-0.05, 0) is 60.2 Å². The first kappa shape index (κ1) is 29.4. The van der Waals surface area contributed by atoms with Gasteiger partial charge in [-0.1, -0.05) is 30.3 Å². The highest BCUT2D eigenvalue weighted by molar-refractivity contribution is 7.86. The molecule has 41 heavy (non-hydrogen) atoms. The molecule has 0 aliphatic carbocycles. The molecular weight excluding hydrogens is 574 g/mol. The Bertz CT molecular complexity index is 1720. The van der Waals surface area contributed by atoms with Crippen molar-refractivity contribution in [3.8, 4) is 0 Å². The molecule has 0 atom stereocenters. The summed E-state index contributed by atoms with van der Waals surface area (Å²) in [6, 6.07) is 19.5. The Hall–Kier alpha value is -4.57. The summed E-state index contributed by atoms with van der Waals surface area (Å²) in [7, 11) is -6.91. The van der Waals surface area contributed by atoms with Gasteiger partial charge in [-0.25, -0.2) is 4.79 Å². The molecule has 0 saturated heterocycles. The number of anilines is 3. The zero-order valence-corrected chi connectivity index (χ0v) is 23.1. The van der Waals surface area contributed by atoms with Gasteiger partial charge in [-0.2, -0.15) is 21.8 Å². The molecule has 0 unspecified atom stereocenters. The summed E-state index contributed by atoms with van der Waals surface area (Å²) in [4.78, 5) is 27.4. The first-order chi connectivity index (χ1) is 19.3. The van der Waals surface area contributed by atoms with Gasteiger partial charge in [0.25, 0.3) is 26.1 Å². The van der Waals surface area contributed by atoms with Crippen molar-refractivity contribution in [2.24, 2.45) is 5.10 Å². The quantitative estimate of drug-likeness (QED) is 0.223. The van der Waals surface area contributed by atoms with Crippen molar-refractivity contribution in [2.45, 2.75) is 4.90 Å². The molecule has 1 heterocycles. The van der Waals surface area contributed by atoms with Crippen LogP contribution in [-0.4, -0.2) is 63.1 Å². The number of amidine groups is 1. The van der Waals surface area contributed by atoms with Crippen LogP contribution in [0.1, 0.15) is 5.56 Å². The van der Waals surface area contributed by atoms with Gasteiger partial charge in [0.2, 0.25) is 0 Å². The lowest BCUT2D eigenvalue weighted by atomic mass is 10.1. The van der Waals surface area contributed by atoms with Gasteiger partial charge in [0.05, 0.1) is 21.9 Å². The van der Waals surface area contributed by atoms with Gasteiger partial charge in [0, 0.05) is 25.0 Å². The van der Waals surface area contributed by atoms with E-state index in [4.69, 9.17) is 4.55 Å². The van der Waals surface area contributed by atoms with Crippen molar-refractivity contribution in [1.29, 1.82) is 0 Å². The maximum absolute atomic E-state index is 13.4. The number of rotatable bonds is 8. The molecular formula is C26H25N5O8S2. The van der Waals surface area contributed by atoms with E-state index in [0.29, 0.717) is 16.9 Å². The van der Waals surface area contributed by atoms with Crippen molar-refractivity contribution >= 4 is 61.1 Å². The van der Waals surface area contributed by atoms with E-state index in [-0.39, 0.29) is 28.5 Å². The Kier molecular flexibility index (Phi) is 8.53. The van der Waals surface area contributed by atoms with Crippen molar-refractivity contribution in [3.05, 3.63) is 90.0 Å². The molecule has 0 spiro atoms. The lowest BCUT2D eigenvalue weighted by Gasteiger charge is -2.18. The second-order valence-electron chi connectivity index (χ2n) is 8.84. The number of hydrazone groups is 1. The lowest BCUT2D eigenvalue weighted by Crippen LogP contribution is -2.35. The first-order valence-electron chi connectivity index (χ1n) is 11.9. The molecule has 3 amide bonds. The largest absolute Gasteiger partial charge is 0.373 e. The number of para-hydroxylation sites is 1. The monoisotopic (exact) mass is 599 g/mol. The van der Waals surface area contributed by atoms with Crippen LogP contribution < -0.4 is 20.5 Å². The number of nitrogens with zero attached hydrogens (tertiary/aromatic N) is 3. The van der Waals surface area contributed by atoms with Crippen LogP contribution in [0.5, 0.6) is 0 Å². The summed E-state index contributed by atoms with van der Waals surface area (Å²) in [6.45, 7) is 0.0559. The van der Waals surface area contributed by atoms with E-state index >= 15 is 0 Å². The van der Waals surface area contributed by atoms with Crippen LogP contribution in [0.15, 0.2) is 94.4 Å². The van der Waals surface area contributed by atoms with E-state index in [2.05, 4.69) is 15.7 Å². The summed E-state index contributed by atoms with van der Waals surface area (Å²) in [5.41, 5.74) is 1.93. The molecule has 0 bridgehead atoms. The molecule has 1 aliphatic rings. The van der Waals surface area contributed by atoms with Crippen LogP contribution in [0.25, 0.3) is 6.08 Å². The zero-order valence-electron chi connectivity index (χ0n) is 21.5. The highest BCUT2D eigenvalue weighted by Crippen LogP contribution is 2.26. The second kappa shape index (κ2) is 11.9. The molecule has 0 aromatic heterocycles. The number of hydrogen-bond donors (Lipinski definition) is 4. The molecule has 13 nitrogen and oxygen atoms in total. The van der Waals surface area contributed by atoms with Gasteiger partial charge in [-0.15, -0.1) is 5.10 Å². The maximum atomic E-state index is 13.4. The number of amides is 3. The number of urea groups is 1. The number of carbonyl (C=O) groups is 2. The highest BCUT2D eigenvalue weighted by Gasteiger charge is 2.32. The molecule has 4 N–H and O–H groups in total. The highest BCUT2D eigenvalue weighted by atomic mass is 32.2. The van der Waals surface area contributed by atoms with Crippen LogP contribution in [0.4, 0.5) is 21.9 Å². The van der Waals surface area contributed by atoms with E-state index in [0.717, 1.165) is 17.1 Å². The fourth-order valence-electron chi connectivity index (χ4n) is 3.74. The van der Waals surface area contributed by atoms with Crippen molar-refractivity contribution in [3.63, 3.8) is 0 Å². The van der Waals surface area contributed by atoms with Gasteiger partial charge in [-0.3, -0.25) is 19.2 Å². The Morgan fingerprint density at radius 1 is 0.927 bits per heavy atom. The molecule has 1 aliphatic heterocycles. The van der Waals surface area contributed by atoms with Gasteiger partial charge in [0.1, 0.15) is 0 Å². The van der Waals surface area contributed by atoms with Gasteiger partial charge < -0.3 is 10.2 Å². The number of hydrogen-bond acceptors (Lipinski definition) is 8. The third kappa shape index (κ3) is 7.76. The fraction of sp³-hybridized carbons (Fsp3) is 0.115. The van der Waals surface area contributed by atoms with E-state index < -0.39 is 37.9 Å². The maximum Gasteiger partial charge on any atom is 0.324 e. The summed E-state index contributed by atoms with van der Waals surface area (Å²) in [5, 5.41) is 10.4. The lowest BCUT2D eigenvalue weighted by molar-refractivity contribution is -0.114. The summed E-state index contributed by atoms with van der Waals surface area (Å²) >= 11 is 0. The second-order valence-corrected chi connectivity index (χ2v) is 11.8. The third-order valence-electron chi connectivity index (χ3n) is 5.85. The predicted octanol–water partition coefficient (Wildman–Crippen LogP) is 2.82. The van der Waals surface area contributed by atoms with E-state index in [1.165, 1.54) is 18.2 Å². The van der Waals surface area contributed by atoms with Crippen LogP contribution in [0.3, 0.4) is 0 Å². The molecule has 0 saturated carbocycles. The first-order valence-corrected chi connectivity index (χ1v) is 15.0. The Labute approximate surface area is 236 Å². The van der Waals surface area contributed by atoms with Crippen molar-refractivity contribution in [1.82, 2.24) is 5.32 Å². The average Bonchev–Trinajstić information content (AvgIpc) is 3.21. The summed E-state index contributed by atoms with van der Waals surface area (Å²) in [5.74, 6) is -1.13.